The van der Waals surface area contributed by atoms with Gasteiger partial charge >= 0.3 is 0 Å². The number of aromatic nitrogens is 1. The van der Waals surface area contributed by atoms with Gasteiger partial charge in [-0.25, -0.2) is 4.98 Å². The fourth-order valence-electron chi connectivity index (χ4n) is 10.2. The van der Waals surface area contributed by atoms with E-state index < -0.39 is 12.2 Å². The van der Waals surface area contributed by atoms with E-state index in [-0.39, 0.29) is 49.2 Å². The van der Waals surface area contributed by atoms with Crippen LogP contribution in [0.2, 0.25) is 0 Å². The number of aliphatic hydroxyl groups is 4. The Bertz CT molecular complexity index is 1810. The summed E-state index contributed by atoms with van der Waals surface area (Å²) in [6.45, 7) is 3.01. The molecular formula is C50H76N6O7. The molecule has 6 rings (SSSR count). The minimum Gasteiger partial charge on any atom is -0.592 e. The number of hydrogen-bond donors (Lipinski definition) is 9. The quantitative estimate of drug-likeness (QED) is 0.0394. The van der Waals surface area contributed by atoms with E-state index in [1.807, 2.05) is 44.3 Å². The number of nitrogens with two attached hydrogens (primary N) is 2. The van der Waals surface area contributed by atoms with Gasteiger partial charge in [-0.05, 0) is 119 Å². The van der Waals surface area contributed by atoms with Crippen LogP contribution in [0.25, 0.3) is 0 Å². The number of hydrogen-bond acceptors (Lipinski definition) is 13. The topological polar surface area (TPSA) is 221 Å². The summed E-state index contributed by atoms with van der Waals surface area (Å²) >= 11 is 0. The molecule has 13 heteroatoms. The Morgan fingerprint density at radius 2 is 1.79 bits per heavy atom. The number of aliphatic hydroxyl groups excluding tert-OH is 4. The van der Waals surface area contributed by atoms with Gasteiger partial charge in [-0.15, -0.1) is 4.99 Å². The van der Waals surface area contributed by atoms with E-state index >= 15 is 0 Å². The van der Waals surface area contributed by atoms with Crippen LogP contribution in [0.3, 0.4) is 0 Å². The van der Waals surface area contributed by atoms with Gasteiger partial charge in [-0.2, -0.15) is 12.0 Å². The van der Waals surface area contributed by atoms with E-state index in [9.17, 15) is 25.5 Å². The van der Waals surface area contributed by atoms with Gasteiger partial charge < -0.3 is 57.1 Å². The van der Waals surface area contributed by atoms with E-state index in [4.69, 9.17) is 25.9 Å². The highest BCUT2D eigenvalue weighted by Crippen LogP contribution is 2.49. The number of anilines is 1. The maximum Gasteiger partial charge on any atom is 0.189 e. The number of phenolic OH excluding ortho intramolecular Hbond substituents is 1. The molecule has 1 aromatic heterocycles. The summed E-state index contributed by atoms with van der Waals surface area (Å²) in [5.74, 6) is 3.99. The summed E-state index contributed by atoms with van der Waals surface area (Å²) < 4.78 is 12.4. The Hall–Kier alpha value is -3.82. The molecule has 348 valence electrons. The van der Waals surface area contributed by atoms with Crippen molar-refractivity contribution in [2.75, 3.05) is 39.1 Å². The molecule has 11 N–H and O–H groups in total. The van der Waals surface area contributed by atoms with E-state index in [0.717, 1.165) is 99.3 Å². The van der Waals surface area contributed by atoms with Crippen molar-refractivity contribution in [2.24, 2.45) is 28.5 Å². The van der Waals surface area contributed by atoms with Crippen molar-refractivity contribution in [1.82, 2.24) is 15.6 Å². The number of likely N-dealkylation sites (N-methyl/N-ethyl adjacent to an activating group) is 1. The molecule has 2 aliphatic heterocycles. The van der Waals surface area contributed by atoms with Crippen molar-refractivity contribution < 1.29 is 35.0 Å². The van der Waals surface area contributed by atoms with Gasteiger partial charge in [0.15, 0.2) is 29.4 Å². The molecule has 0 spiro atoms. The highest BCUT2D eigenvalue weighted by Gasteiger charge is 2.50. The number of unbranched alkanes of at least 4 members (excludes halogenated alkanes) is 3. The lowest BCUT2D eigenvalue weighted by molar-refractivity contribution is 0.120. The number of fused-ring (bicyclic) bond motifs is 2. The summed E-state index contributed by atoms with van der Waals surface area (Å²) in [5.41, 5.74) is 16.4. The number of aromatic hydroxyl groups is 1. The summed E-state index contributed by atoms with van der Waals surface area (Å²) in [6.07, 6.45) is 19.7. The molecule has 2 aliphatic carbocycles. The fourth-order valence-corrected chi connectivity index (χ4v) is 10.2. The van der Waals surface area contributed by atoms with Crippen LogP contribution in [0.1, 0.15) is 114 Å². The standard InChI is InChI=1S/C50H76N6O7/c1-32(58)28-55-44(29-53-2)50-40-10-7-8-35(40)15-20-42-41(50)27-43(56-42)46(61)31-62-48-24-33(14-21-45(48)60)13-19-39-26-36(30-57)47(63-39)11-6-4-3-5-9-37(51)16-18-38(59)17-12-34-22-23-54-49(52)25-34/h14,21-27,32,35,37-38,40,44,46-47,50,53,55,57-61H,3-13,15-20,28-31,51H2,1-2H3,(H2,52,54). The smallest absolute Gasteiger partial charge is 0.189 e. The number of rotatable bonds is 27. The number of nitrogens with one attached hydrogen (secondary N) is 2. The maximum atomic E-state index is 11.4. The van der Waals surface area contributed by atoms with Gasteiger partial charge in [0, 0.05) is 50.5 Å². The molecule has 1 aromatic carbocycles. The molecule has 0 amide bonds. The monoisotopic (exact) mass is 873 g/mol. The molecule has 13 nitrogen and oxygen atoms in total. The molecular weight excluding hydrogens is 797 g/mol. The number of aryl methyl sites for hydroxylation is 2. The van der Waals surface area contributed by atoms with E-state index in [2.05, 4.69) is 21.7 Å². The molecule has 3 heterocycles. The van der Waals surface area contributed by atoms with E-state index in [1.54, 1.807) is 12.3 Å². The Kier molecular flexibility index (Phi) is 18.9. The zero-order valence-electron chi connectivity index (χ0n) is 37.8. The number of nitrogen functional groups attached to an aromatic ring is 1. The van der Waals surface area contributed by atoms with E-state index in [0.29, 0.717) is 61.7 Å². The average Bonchev–Trinajstić information content (AvgIpc) is 4.01. The molecule has 9 unspecified atom stereocenters. The van der Waals surface area contributed by atoms with Crippen molar-refractivity contribution in [2.45, 2.75) is 153 Å². The number of nitrogens with zero attached hydrogens (tertiary/aromatic N) is 2. The molecule has 4 aliphatic rings. The Balaban J connectivity index is 0.906. The second-order valence-corrected chi connectivity index (χ2v) is 18.6. The van der Waals surface area contributed by atoms with Crippen LogP contribution in [-0.2, 0) is 17.6 Å². The Labute approximate surface area is 375 Å². The summed E-state index contributed by atoms with van der Waals surface area (Å²) in [7, 11) is 1.97. The van der Waals surface area contributed by atoms with E-state index in [1.165, 1.54) is 24.8 Å². The van der Waals surface area contributed by atoms with Gasteiger partial charge in [0.1, 0.15) is 18.0 Å². The summed E-state index contributed by atoms with van der Waals surface area (Å²) in [4.78, 5) is 9.01. The van der Waals surface area contributed by atoms with Crippen molar-refractivity contribution in [3.8, 4) is 11.5 Å². The SMILES string of the molecule is CNCC(NCC(C)O)C1C2=C[C+](C(O)COc3cc(CCC4=C[C-](CO)C(CCCCCCC(N)CCC(O)CCc5ccnc(N)c5)O4)ccc3O)N=C2CCC2CCCC21. The van der Waals surface area contributed by atoms with Crippen LogP contribution in [0.4, 0.5) is 5.82 Å². The summed E-state index contributed by atoms with van der Waals surface area (Å²) in [6, 6.07) is 9.91. The third kappa shape index (κ3) is 14.3. The third-order valence-electron chi connectivity index (χ3n) is 13.7. The van der Waals surface area contributed by atoms with Crippen LogP contribution in [0.5, 0.6) is 11.5 Å². The maximum absolute atomic E-state index is 11.4. The lowest BCUT2D eigenvalue weighted by Gasteiger charge is -2.32. The zero-order chi connectivity index (χ0) is 44.7. The number of benzene rings is 1. The predicted octanol–water partition coefficient (Wildman–Crippen LogP) is 5.63. The molecule has 0 saturated heterocycles. The number of aliphatic imine (C=N–C) groups is 1. The lowest BCUT2D eigenvalue weighted by atomic mass is 9.75. The minimum atomic E-state index is -0.965. The van der Waals surface area contributed by atoms with Crippen molar-refractivity contribution in [3.05, 3.63) is 83.1 Å². The highest BCUT2D eigenvalue weighted by molar-refractivity contribution is 6.04. The van der Waals surface area contributed by atoms with Crippen LogP contribution >= 0.6 is 0 Å². The minimum absolute atomic E-state index is 0.0103. The Morgan fingerprint density at radius 1 is 0.968 bits per heavy atom. The van der Waals surface area contributed by atoms with Crippen molar-refractivity contribution >= 4 is 11.5 Å². The molecule has 2 saturated carbocycles. The zero-order valence-corrected chi connectivity index (χ0v) is 37.8. The molecule has 9 atom stereocenters. The number of phenols is 1. The van der Waals surface area contributed by atoms with Gasteiger partial charge in [0.05, 0.1) is 24.2 Å². The molecule has 2 aromatic rings. The van der Waals surface area contributed by atoms with Crippen LogP contribution in [-0.4, -0.2) is 106 Å². The van der Waals surface area contributed by atoms with Crippen molar-refractivity contribution in [3.63, 3.8) is 0 Å². The first-order valence-corrected chi connectivity index (χ1v) is 23.8. The van der Waals surface area contributed by atoms with Crippen LogP contribution in [0, 0.1) is 29.7 Å². The first kappa shape index (κ1) is 48.6. The third-order valence-corrected chi connectivity index (χ3v) is 13.7. The van der Waals surface area contributed by atoms with Crippen LogP contribution in [0.15, 0.2) is 65.0 Å². The second-order valence-electron chi connectivity index (χ2n) is 18.6. The first-order chi connectivity index (χ1) is 30.5. The molecule has 63 heavy (non-hydrogen) atoms. The van der Waals surface area contributed by atoms with Crippen molar-refractivity contribution in [1.29, 1.82) is 0 Å². The van der Waals surface area contributed by atoms with Crippen LogP contribution < -0.4 is 26.8 Å². The largest absolute Gasteiger partial charge is 0.592 e. The normalized spacial score (nSPS) is 23.2. The molecule has 0 radical (unpaired) electrons. The number of allylic oxidation sites excluding steroid dienone is 1. The number of pyridine rings is 1. The Morgan fingerprint density at radius 3 is 2.59 bits per heavy atom. The fraction of sp³-hybridized carbons (Fsp3) is 0.640. The highest BCUT2D eigenvalue weighted by atomic mass is 16.5. The number of ether oxygens (including phenoxy) is 2. The van der Waals surface area contributed by atoms with Gasteiger partial charge in [0.2, 0.25) is 0 Å². The molecule has 0 bridgehead atoms. The van der Waals surface area contributed by atoms with Gasteiger partial charge in [-0.1, -0.05) is 56.8 Å². The first-order valence-electron chi connectivity index (χ1n) is 23.8. The average molecular weight is 873 g/mol. The molecule has 2 fully saturated rings. The second kappa shape index (κ2) is 24.5. The van der Waals surface area contributed by atoms with Gasteiger partial charge in [0.25, 0.3) is 0 Å². The predicted molar refractivity (Wildman–Crippen MR) is 249 cm³/mol. The lowest BCUT2D eigenvalue weighted by Crippen LogP contribution is -2.49. The summed E-state index contributed by atoms with van der Waals surface area (Å²) in [5, 5.41) is 59.7. The van der Waals surface area contributed by atoms with Gasteiger partial charge in [-0.3, -0.25) is 0 Å².